The Morgan fingerprint density at radius 1 is 1.30 bits per heavy atom. The number of halogens is 1. The van der Waals surface area contributed by atoms with E-state index < -0.39 is 0 Å². The molecule has 0 aliphatic heterocycles. The lowest BCUT2D eigenvalue weighted by Gasteiger charge is -2.15. The normalized spacial score (nSPS) is 12.6. The van der Waals surface area contributed by atoms with Crippen LogP contribution in [0.5, 0.6) is 0 Å². The summed E-state index contributed by atoms with van der Waals surface area (Å²) in [4.78, 5) is 0. The van der Waals surface area contributed by atoms with Crippen LogP contribution in [0, 0.1) is 19.7 Å². The highest BCUT2D eigenvalue weighted by Crippen LogP contribution is 2.15. The molecule has 0 saturated carbocycles. The minimum absolute atomic E-state index is 0.0247. The topological polar surface area (TPSA) is 29.9 Å². The molecule has 0 bridgehead atoms. The third-order valence-corrected chi connectivity index (χ3v) is 3.47. The van der Waals surface area contributed by atoms with E-state index in [0.717, 1.165) is 30.8 Å². The van der Waals surface area contributed by atoms with Gasteiger partial charge in [0, 0.05) is 23.8 Å². The predicted molar refractivity (Wildman–Crippen MR) is 79.1 cm³/mol. The molecular weight excluding hydrogens is 253 g/mol. The highest BCUT2D eigenvalue weighted by molar-refractivity contribution is 5.20. The van der Waals surface area contributed by atoms with Crippen molar-refractivity contribution in [1.29, 1.82) is 0 Å². The summed E-state index contributed by atoms with van der Waals surface area (Å²) in [7, 11) is 0. The van der Waals surface area contributed by atoms with Gasteiger partial charge in [-0.25, -0.2) is 4.39 Å². The van der Waals surface area contributed by atoms with Crippen LogP contribution >= 0.6 is 0 Å². The van der Waals surface area contributed by atoms with Gasteiger partial charge in [0.25, 0.3) is 0 Å². The molecular formula is C16H22FN3. The van der Waals surface area contributed by atoms with E-state index in [2.05, 4.69) is 23.4 Å². The molecule has 0 aliphatic rings. The van der Waals surface area contributed by atoms with Gasteiger partial charge in [-0.05, 0) is 45.9 Å². The van der Waals surface area contributed by atoms with Crippen LogP contribution in [0.1, 0.15) is 36.3 Å². The van der Waals surface area contributed by atoms with E-state index in [0.29, 0.717) is 0 Å². The van der Waals surface area contributed by atoms with Crippen LogP contribution in [0.25, 0.3) is 0 Å². The molecule has 4 heteroatoms. The Morgan fingerprint density at radius 2 is 2.05 bits per heavy atom. The van der Waals surface area contributed by atoms with Crippen molar-refractivity contribution in [2.45, 2.75) is 39.8 Å². The van der Waals surface area contributed by atoms with Crippen molar-refractivity contribution in [3.05, 3.63) is 53.1 Å². The number of hydrogen-bond acceptors (Lipinski definition) is 2. The number of aromatic nitrogens is 2. The van der Waals surface area contributed by atoms with Crippen LogP contribution in [-0.2, 0) is 6.54 Å². The lowest BCUT2D eigenvalue weighted by molar-refractivity contribution is 0.486. The van der Waals surface area contributed by atoms with Gasteiger partial charge in [0.1, 0.15) is 5.82 Å². The lowest BCUT2D eigenvalue weighted by Crippen LogP contribution is -2.22. The Hall–Kier alpha value is -1.68. The van der Waals surface area contributed by atoms with Crippen LogP contribution in [0.2, 0.25) is 0 Å². The number of nitrogens with zero attached hydrogens (tertiary/aromatic N) is 2. The first-order chi connectivity index (χ1) is 9.58. The maximum absolute atomic E-state index is 13.6. The summed E-state index contributed by atoms with van der Waals surface area (Å²) in [5, 5.41) is 7.78. The fraction of sp³-hybridized carbons (Fsp3) is 0.438. The smallest absolute Gasteiger partial charge is 0.127 e. The first-order valence-electron chi connectivity index (χ1n) is 7.07. The minimum atomic E-state index is -0.147. The van der Waals surface area contributed by atoms with Gasteiger partial charge in [0.15, 0.2) is 0 Å². The molecule has 1 aromatic carbocycles. The molecule has 0 saturated heterocycles. The summed E-state index contributed by atoms with van der Waals surface area (Å²) >= 11 is 0. The molecule has 3 nitrogen and oxygen atoms in total. The molecule has 0 spiro atoms. The zero-order valence-electron chi connectivity index (χ0n) is 12.4. The summed E-state index contributed by atoms with van der Waals surface area (Å²) in [6.45, 7) is 7.78. The van der Waals surface area contributed by atoms with E-state index in [4.69, 9.17) is 0 Å². The number of benzene rings is 1. The molecule has 1 atom stereocenters. The Labute approximate surface area is 119 Å². The van der Waals surface area contributed by atoms with Gasteiger partial charge in [-0.3, -0.25) is 4.68 Å². The van der Waals surface area contributed by atoms with Gasteiger partial charge in [0.05, 0.1) is 5.69 Å². The number of hydrogen-bond donors (Lipinski definition) is 1. The molecule has 1 unspecified atom stereocenters. The Morgan fingerprint density at radius 3 is 2.70 bits per heavy atom. The Kier molecular flexibility index (Phi) is 4.90. The second-order valence-electron chi connectivity index (χ2n) is 5.20. The van der Waals surface area contributed by atoms with Gasteiger partial charge in [-0.15, -0.1) is 0 Å². The van der Waals surface area contributed by atoms with E-state index in [1.165, 1.54) is 11.8 Å². The standard InChI is InChI=1S/C16H22FN3/c1-12-11-13(2)20(19-12)10-6-9-18-14(3)15-7-4-5-8-16(15)17/h4-5,7-8,11,14,18H,6,9-10H2,1-3H3. The third kappa shape index (κ3) is 3.67. The molecule has 1 N–H and O–H groups in total. The van der Waals surface area contributed by atoms with Gasteiger partial charge in [-0.2, -0.15) is 5.10 Å². The van der Waals surface area contributed by atoms with E-state index >= 15 is 0 Å². The van der Waals surface area contributed by atoms with Crippen LogP contribution in [0.4, 0.5) is 4.39 Å². The minimum Gasteiger partial charge on any atom is -0.310 e. The summed E-state index contributed by atoms with van der Waals surface area (Å²) in [6, 6.07) is 9.02. The van der Waals surface area contributed by atoms with Crippen molar-refractivity contribution in [2.24, 2.45) is 0 Å². The molecule has 0 radical (unpaired) electrons. The van der Waals surface area contributed by atoms with Gasteiger partial charge in [0.2, 0.25) is 0 Å². The summed E-state index contributed by atoms with van der Waals surface area (Å²) in [5.74, 6) is -0.147. The second kappa shape index (κ2) is 6.66. The largest absolute Gasteiger partial charge is 0.310 e. The Balaban J connectivity index is 1.79. The second-order valence-corrected chi connectivity index (χ2v) is 5.20. The molecule has 108 valence electrons. The maximum Gasteiger partial charge on any atom is 0.127 e. The van der Waals surface area contributed by atoms with E-state index in [1.54, 1.807) is 6.07 Å². The zero-order chi connectivity index (χ0) is 14.5. The summed E-state index contributed by atoms with van der Waals surface area (Å²) in [5.41, 5.74) is 2.96. The molecule has 0 amide bonds. The third-order valence-electron chi connectivity index (χ3n) is 3.47. The van der Waals surface area contributed by atoms with Crippen LogP contribution in [0.15, 0.2) is 30.3 Å². The fourth-order valence-electron chi connectivity index (χ4n) is 2.38. The monoisotopic (exact) mass is 275 g/mol. The molecule has 0 aliphatic carbocycles. The van der Waals surface area contributed by atoms with Gasteiger partial charge >= 0.3 is 0 Å². The SMILES string of the molecule is Cc1cc(C)n(CCCNC(C)c2ccccc2F)n1. The molecule has 20 heavy (non-hydrogen) atoms. The lowest BCUT2D eigenvalue weighted by atomic mass is 10.1. The average molecular weight is 275 g/mol. The highest BCUT2D eigenvalue weighted by atomic mass is 19.1. The summed E-state index contributed by atoms with van der Waals surface area (Å²) in [6.07, 6.45) is 0.973. The van der Waals surface area contributed by atoms with Crippen molar-refractivity contribution < 1.29 is 4.39 Å². The number of rotatable bonds is 6. The molecule has 2 rings (SSSR count). The van der Waals surface area contributed by atoms with Crippen LogP contribution < -0.4 is 5.32 Å². The Bertz CT molecular complexity index is 563. The van der Waals surface area contributed by atoms with Crippen molar-refractivity contribution in [1.82, 2.24) is 15.1 Å². The molecule has 1 aromatic heterocycles. The van der Waals surface area contributed by atoms with Gasteiger partial charge < -0.3 is 5.32 Å². The van der Waals surface area contributed by atoms with Crippen molar-refractivity contribution in [3.8, 4) is 0 Å². The number of nitrogens with one attached hydrogen (secondary N) is 1. The van der Waals surface area contributed by atoms with E-state index in [9.17, 15) is 4.39 Å². The number of aryl methyl sites for hydroxylation is 3. The first-order valence-corrected chi connectivity index (χ1v) is 7.07. The van der Waals surface area contributed by atoms with Gasteiger partial charge in [-0.1, -0.05) is 18.2 Å². The molecule has 2 aromatic rings. The molecule has 1 heterocycles. The quantitative estimate of drug-likeness (QED) is 0.819. The average Bonchev–Trinajstić information content (AvgIpc) is 2.73. The highest BCUT2D eigenvalue weighted by Gasteiger charge is 2.09. The van der Waals surface area contributed by atoms with Crippen LogP contribution in [0.3, 0.4) is 0 Å². The summed E-state index contributed by atoms with van der Waals surface area (Å²) < 4.78 is 15.6. The van der Waals surface area contributed by atoms with Crippen LogP contribution in [-0.4, -0.2) is 16.3 Å². The fourth-order valence-corrected chi connectivity index (χ4v) is 2.38. The maximum atomic E-state index is 13.6. The van der Waals surface area contributed by atoms with Crippen molar-refractivity contribution in [3.63, 3.8) is 0 Å². The van der Waals surface area contributed by atoms with Crippen molar-refractivity contribution in [2.75, 3.05) is 6.54 Å². The van der Waals surface area contributed by atoms with Crippen molar-refractivity contribution >= 4 is 0 Å². The first kappa shape index (κ1) is 14.7. The predicted octanol–water partition coefficient (Wildman–Crippen LogP) is 3.38. The molecule has 0 fully saturated rings. The van der Waals surface area contributed by atoms with E-state index in [-0.39, 0.29) is 11.9 Å². The zero-order valence-corrected chi connectivity index (χ0v) is 12.4. The van der Waals surface area contributed by atoms with E-state index in [1.807, 2.05) is 30.7 Å².